The Morgan fingerprint density at radius 1 is 1.37 bits per heavy atom. The van der Waals surface area contributed by atoms with Gasteiger partial charge in [-0.2, -0.15) is 0 Å². The predicted octanol–water partition coefficient (Wildman–Crippen LogP) is -1.46. The summed E-state index contributed by atoms with van der Waals surface area (Å²) >= 11 is 0. The van der Waals surface area contributed by atoms with Crippen molar-refractivity contribution in [2.24, 2.45) is 11.8 Å². The molecule has 30 heavy (non-hydrogen) atoms. The molecule has 8 nitrogen and oxygen atoms in total. The predicted molar refractivity (Wildman–Crippen MR) is 112 cm³/mol. The molecule has 8 heteroatoms. The number of piperidine rings is 3. The molecule has 2 bridgehead atoms. The summed E-state index contributed by atoms with van der Waals surface area (Å²) in [5.41, 5.74) is 2.05. The Morgan fingerprint density at radius 3 is 2.93 bits per heavy atom. The molecular formula is C22H34N6O2+2. The highest BCUT2D eigenvalue weighted by Gasteiger charge is 2.46. The lowest BCUT2D eigenvalue weighted by atomic mass is 9.75. The van der Waals surface area contributed by atoms with E-state index >= 15 is 0 Å². The third-order valence-electron chi connectivity index (χ3n) is 6.56. The Kier molecular flexibility index (Phi) is 6.34. The van der Waals surface area contributed by atoms with Crippen LogP contribution >= 0.6 is 0 Å². The smallest absolute Gasteiger partial charge is 0.229 e. The number of carbonyl (C=O) groups is 1. The van der Waals surface area contributed by atoms with E-state index in [-0.39, 0.29) is 11.8 Å². The van der Waals surface area contributed by atoms with E-state index in [9.17, 15) is 4.79 Å². The van der Waals surface area contributed by atoms with Crippen molar-refractivity contribution >= 4 is 5.91 Å². The summed E-state index contributed by atoms with van der Waals surface area (Å²) in [5, 5.41) is 11.8. The van der Waals surface area contributed by atoms with Crippen molar-refractivity contribution in [3.05, 3.63) is 41.7 Å². The van der Waals surface area contributed by atoms with Crippen LogP contribution in [-0.2, 0) is 24.4 Å². The van der Waals surface area contributed by atoms with Gasteiger partial charge < -0.3 is 19.9 Å². The molecule has 0 aliphatic carbocycles. The first kappa shape index (κ1) is 20.8. The van der Waals surface area contributed by atoms with Crippen LogP contribution in [0.15, 0.2) is 30.5 Å². The van der Waals surface area contributed by atoms with Crippen molar-refractivity contribution in [1.82, 2.24) is 20.3 Å². The first-order chi connectivity index (χ1) is 14.5. The van der Waals surface area contributed by atoms with Gasteiger partial charge in [0.1, 0.15) is 24.0 Å². The number of hydrogen-bond acceptors (Lipinski definition) is 4. The van der Waals surface area contributed by atoms with Crippen LogP contribution in [0.3, 0.4) is 0 Å². The van der Waals surface area contributed by atoms with Crippen LogP contribution in [0.5, 0.6) is 5.75 Å². The van der Waals surface area contributed by atoms with E-state index in [1.807, 2.05) is 28.9 Å². The van der Waals surface area contributed by atoms with E-state index in [0.717, 1.165) is 56.0 Å². The van der Waals surface area contributed by atoms with Crippen LogP contribution in [0.25, 0.3) is 0 Å². The molecular weight excluding hydrogens is 380 g/mol. The molecule has 3 fully saturated rings. The van der Waals surface area contributed by atoms with E-state index in [0.29, 0.717) is 18.5 Å². The first-order valence-electron chi connectivity index (χ1n) is 11.0. The third kappa shape index (κ3) is 4.65. The maximum atomic E-state index is 12.9. The summed E-state index contributed by atoms with van der Waals surface area (Å²) in [6.07, 6.45) is 4.29. The van der Waals surface area contributed by atoms with Crippen molar-refractivity contribution < 1.29 is 19.3 Å². The highest BCUT2D eigenvalue weighted by atomic mass is 16.5. The zero-order chi connectivity index (χ0) is 21.1. The third-order valence-corrected chi connectivity index (χ3v) is 6.56. The van der Waals surface area contributed by atoms with Crippen molar-refractivity contribution in [3.8, 4) is 5.75 Å². The number of nitrogens with zero attached hydrogens (tertiary/aromatic N) is 3. The number of hydrogen-bond donors (Lipinski definition) is 3. The number of carbonyl (C=O) groups excluding carboxylic acids is 1. The molecule has 3 aliphatic rings. The summed E-state index contributed by atoms with van der Waals surface area (Å²) in [7, 11) is 5.90. The zero-order valence-corrected chi connectivity index (χ0v) is 18.2. The maximum absolute atomic E-state index is 12.9. The van der Waals surface area contributed by atoms with Gasteiger partial charge in [-0.3, -0.25) is 4.79 Å². The molecule has 3 N–H and O–H groups in total. The Hall–Kier alpha value is -2.45. The summed E-state index contributed by atoms with van der Waals surface area (Å²) in [4.78, 5) is 15.8. The van der Waals surface area contributed by atoms with Crippen LogP contribution in [0.2, 0.25) is 0 Å². The zero-order valence-electron chi connectivity index (χ0n) is 18.2. The lowest BCUT2D eigenvalue weighted by molar-refractivity contribution is -0.945. The van der Waals surface area contributed by atoms with Gasteiger partial charge in [-0.1, -0.05) is 23.4 Å². The van der Waals surface area contributed by atoms with Gasteiger partial charge >= 0.3 is 0 Å². The average Bonchev–Trinajstić information content (AvgIpc) is 3.18. The molecule has 4 atom stereocenters. The Labute approximate surface area is 178 Å². The molecule has 1 aromatic heterocycles. The molecule has 1 amide bonds. The number of fused-ring (bicyclic) bond motifs is 3. The van der Waals surface area contributed by atoms with Gasteiger partial charge in [0, 0.05) is 24.9 Å². The van der Waals surface area contributed by atoms with Crippen molar-refractivity contribution in [2.75, 3.05) is 34.3 Å². The standard InChI is InChI=1S/C22H32N6O2/c1-26(2)12-18-13-28(25-24-18)14-19-10-16-8-9-27(19)15-20(16)22(29)23-11-17-6-4-5-7-21(17)30-3/h4-7,13,16,19-20H,8-12,14-15H2,1-3H3,(H,23,29)/p+2/t16-,19+,20-/m0/s1. The number of para-hydroxylation sites is 1. The van der Waals surface area contributed by atoms with Gasteiger partial charge in [0.2, 0.25) is 5.91 Å². The number of benzene rings is 1. The Morgan fingerprint density at radius 2 is 2.20 bits per heavy atom. The molecule has 0 spiro atoms. The monoisotopic (exact) mass is 414 g/mol. The topological polar surface area (TPSA) is 77.9 Å². The summed E-state index contributed by atoms with van der Waals surface area (Å²) < 4.78 is 7.39. The van der Waals surface area contributed by atoms with E-state index in [2.05, 4.69) is 35.9 Å². The van der Waals surface area contributed by atoms with E-state index in [1.54, 1.807) is 7.11 Å². The molecule has 0 saturated carbocycles. The van der Waals surface area contributed by atoms with Gasteiger partial charge in [-0.25, -0.2) is 4.68 Å². The largest absolute Gasteiger partial charge is 0.496 e. The molecule has 5 rings (SSSR count). The Bertz CT molecular complexity index is 867. The molecule has 3 saturated heterocycles. The molecule has 162 valence electrons. The summed E-state index contributed by atoms with van der Waals surface area (Å²) in [6.45, 7) is 4.35. The summed E-state index contributed by atoms with van der Waals surface area (Å²) in [5.74, 6) is 1.56. The molecule has 2 aromatic rings. The van der Waals surface area contributed by atoms with Gasteiger partial charge in [0.05, 0.1) is 53.0 Å². The molecule has 0 radical (unpaired) electrons. The second-order valence-corrected chi connectivity index (χ2v) is 9.05. The van der Waals surface area contributed by atoms with E-state index in [4.69, 9.17) is 4.74 Å². The fraction of sp³-hybridized carbons (Fsp3) is 0.591. The van der Waals surface area contributed by atoms with Crippen molar-refractivity contribution in [1.29, 1.82) is 0 Å². The minimum atomic E-state index is 0.100. The fourth-order valence-corrected chi connectivity index (χ4v) is 5.08. The van der Waals surface area contributed by atoms with E-state index < -0.39 is 0 Å². The molecule has 1 aromatic carbocycles. The SMILES string of the molecule is COc1ccccc1CNC(=O)[C@H]1C[NH+]2CC[C@H]1C[C@@H]2Cn1cc(C[NH+](C)C)nn1. The molecule has 3 aliphatic heterocycles. The first-order valence-corrected chi connectivity index (χ1v) is 11.0. The van der Waals surface area contributed by atoms with Crippen molar-refractivity contribution in [3.63, 3.8) is 0 Å². The second-order valence-electron chi connectivity index (χ2n) is 9.05. The van der Waals surface area contributed by atoms with Crippen molar-refractivity contribution in [2.45, 2.75) is 38.5 Å². The minimum absolute atomic E-state index is 0.100. The number of rotatable bonds is 8. The van der Waals surface area contributed by atoms with Crippen LogP contribution in [0.4, 0.5) is 0 Å². The highest BCUT2D eigenvalue weighted by molar-refractivity contribution is 5.79. The number of ether oxygens (including phenoxy) is 1. The van der Waals surface area contributed by atoms with Crippen LogP contribution in [0.1, 0.15) is 24.1 Å². The van der Waals surface area contributed by atoms with Crippen LogP contribution in [0, 0.1) is 11.8 Å². The number of methoxy groups -OCH3 is 1. The van der Waals surface area contributed by atoms with E-state index in [1.165, 1.54) is 9.80 Å². The molecule has 1 unspecified atom stereocenters. The fourth-order valence-electron chi connectivity index (χ4n) is 5.08. The minimum Gasteiger partial charge on any atom is -0.496 e. The number of quaternary nitrogens is 2. The van der Waals surface area contributed by atoms with Gasteiger partial charge in [0.15, 0.2) is 0 Å². The van der Waals surface area contributed by atoms with Crippen LogP contribution in [-0.4, -0.2) is 61.2 Å². The quantitative estimate of drug-likeness (QED) is 0.494. The van der Waals surface area contributed by atoms with Crippen LogP contribution < -0.4 is 19.9 Å². The number of nitrogens with one attached hydrogen (secondary N) is 3. The average molecular weight is 415 g/mol. The molecule has 4 heterocycles. The van der Waals surface area contributed by atoms with Gasteiger partial charge in [-0.05, 0) is 12.0 Å². The summed E-state index contributed by atoms with van der Waals surface area (Å²) in [6, 6.07) is 8.37. The number of aromatic nitrogens is 3. The maximum Gasteiger partial charge on any atom is 0.229 e. The Balaban J connectivity index is 1.32. The lowest BCUT2D eigenvalue weighted by Gasteiger charge is -2.46. The van der Waals surface area contributed by atoms with Gasteiger partial charge in [0.25, 0.3) is 0 Å². The number of amides is 1. The lowest BCUT2D eigenvalue weighted by Crippen LogP contribution is -3.20. The van der Waals surface area contributed by atoms with Gasteiger partial charge in [-0.15, -0.1) is 5.10 Å². The highest BCUT2D eigenvalue weighted by Crippen LogP contribution is 2.28. The normalized spacial score (nSPS) is 25.5. The second kappa shape index (κ2) is 9.14.